The standard InChI is InChI=1S/C11H15FN2O3/c1-11(17,6-15)5-14-10(16)8-4-7(12)2-3-9(8)13/h2-4,15,17H,5-6,13H2,1H3,(H,14,16). The summed E-state index contributed by atoms with van der Waals surface area (Å²) in [7, 11) is 0. The summed E-state index contributed by atoms with van der Waals surface area (Å²) < 4.78 is 12.9. The molecule has 5 N–H and O–H groups in total. The van der Waals surface area contributed by atoms with E-state index in [-0.39, 0.29) is 17.8 Å². The maximum absolute atomic E-state index is 12.9. The van der Waals surface area contributed by atoms with Crippen molar-refractivity contribution in [2.75, 3.05) is 18.9 Å². The van der Waals surface area contributed by atoms with Crippen LogP contribution in [0.5, 0.6) is 0 Å². The predicted molar refractivity (Wildman–Crippen MR) is 60.9 cm³/mol. The van der Waals surface area contributed by atoms with Gasteiger partial charge in [-0.25, -0.2) is 4.39 Å². The Hall–Kier alpha value is -1.66. The molecule has 1 amide bonds. The first-order valence-electron chi connectivity index (χ1n) is 5.02. The fraction of sp³-hybridized carbons (Fsp3) is 0.364. The zero-order valence-corrected chi connectivity index (χ0v) is 9.40. The summed E-state index contributed by atoms with van der Waals surface area (Å²) in [6, 6.07) is 3.45. The van der Waals surface area contributed by atoms with E-state index in [1.807, 2.05) is 0 Å². The van der Waals surface area contributed by atoms with Crippen molar-refractivity contribution < 1.29 is 19.4 Å². The van der Waals surface area contributed by atoms with E-state index in [1.165, 1.54) is 13.0 Å². The molecular formula is C11H15FN2O3. The average molecular weight is 242 g/mol. The number of nitrogens with one attached hydrogen (secondary N) is 1. The molecule has 0 bridgehead atoms. The highest BCUT2D eigenvalue weighted by molar-refractivity contribution is 5.99. The van der Waals surface area contributed by atoms with Gasteiger partial charge in [-0.2, -0.15) is 0 Å². The SMILES string of the molecule is CC(O)(CO)CNC(=O)c1cc(F)ccc1N. The highest BCUT2D eigenvalue weighted by Crippen LogP contribution is 2.13. The number of carbonyl (C=O) groups is 1. The van der Waals surface area contributed by atoms with Gasteiger partial charge < -0.3 is 21.3 Å². The van der Waals surface area contributed by atoms with Crippen LogP contribution in [-0.4, -0.2) is 34.9 Å². The van der Waals surface area contributed by atoms with Gasteiger partial charge in [0.2, 0.25) is 0 Å². The number of nitrogens with two attached hydrogens (primary N) is 1. The van der Waals surface area contributed by atoms with Gasteiger partial charge in [0.25, 0.3) is 5.91 Å². The number of aliphatic hydroxyl groups excluding tert-OH is 1. The summed E-state index contributed by atoms with van der Waals surface area (Å²) in [6.45, 7) is 0.715. The van der Waals surface area contributed by atoms with Crippen LogP contribution in [-0.2, 0) is 0 Å². The van der Waals surface area contributed by atoms with Gasteiger partial charge >= 0.3 is 0 Å². The van der Waals surface area contributed by atoms with Gasteiger partial charge in [0.15, 0.2) is 0 Å². The lowest BCUT2D eigenvalue weighted by Gasteiger charge is -2.20. The van der Waals surface area contributed by atoms with Crippen molar-refractivity contribution in [3.63, 3.8) is 0 Å². The summed E-state index contributed by atoms with van der Waals surface area (Å²) in [5.41, 5.74) is 4.25. The molecule has 0 aliphatic carbocycles. The highest BCUT2D eigenvalue weighted by atomic mass is 19.1. The molecule has 0 aromatic heterocycles. The van der Waals surface area contributed by atoms with Crippen molar-refractivity contribution in [3.8, 4) is 0 Å². The first-order valence-corrected chi connectivity index (χ1v) is 5.02. The van der Waals surface area contributed by atoms with Crippen molar-refractivity contribution in [1.29, 1.82) is 0 Å². The highest BCUT2D eigenvalue weighted by Gasteiger charge is 2.21. The number of rotatable bonds is 4. The maximum Gasteiger partial charge on any atom is 0.253 e. The minimum Gasteiger partial charge on any atom is -0.398 e. The molecule has 6 heteroatoms. The molecule has 5 nitrogen and oxygen atoms in total. The average Bonchev–Trinajstić information content (AvgIpc) is 2.29. The zero-order chi connectivity index (χ0) is 13.1. The second kappa shape index (κ2) is 5.11. The summed E-state index contributed by atoms with van der Waals surface area (Å²) >= 11 is 0. The van der Waals surface area contributed by atoms with Crippen molar-refractivity contribution in [1.82, 2.24) is 5.32 Å². The number of anilines is 1. The number of hydrogen-bond acceptors (Lipinski definition) is 4. The van der Waals surface area contributed by atoms with Crippen LogP contribution in [0.15, 0.2) is 18.2 Å². The molecule has 17 heavy (non-hydrogen) atoms. The smallest absolute Gasteiger partial charge is 0.253 e. The van der Waals surface area contributed by atoms with E-state index in [0.29, 0.717) is 0 Å². The Kier molecular flexibility index (Phi) is 4.03. The molecule has 1 atom stereocenters. The summed E-state index contributed by atoms with van der Waals surface area (Å²) in [6.07, 6.45) is 0. The lowest BCUT2D eigenvalue weighted by atomic mass is 10.1. The topological polar surface area (TPSA) is 95.6 Å². The van der Waals surface area contributed by atoms with Crippen molar-refractivity contribution >= 4 is 11.6 Å². The van der Waals surface area contributed by atoms with Crippen LogP contribution in [0.1, 0.15) is 17.3 Å². The lowest BCUT2D eigenvalue weighted by molar-refractivity contribution is 0.00320. The Morgan fingerprint density at radius 2 is 2.24 bits per heavy atom. The van der Waals surface area contributed by atoms with E-state index in [2.05, 4.69) is 5.32 Å². The van der Waals surface area contributed by atoms with Crippen LogP contribution < -0.4 is 11.1 Å². The monoisotopic (exact) mass is 242 g/mol. The summed E-state index contributed by atoms with van der Waals surface area (Å²) in [4.78, 5) is 11.6. The normalized spacial score (nSPS) is 14.1. The second-order valence-corrected chi connectivity index (χ2v) is 4.07. The van der Waals surface area contributed by atoms with Crippen LogP contribution in [0, 0.1) is 5.82 Å². The Labute approximate surface area is 98.1 Å². The van der Waals surface area contributed by atoms with Crippen LogP contribution in [0.4, 0.5) is 10.1 Å². The van der Waals surface area contributed by atoms with Gasteiger partial charge in [-0.1, -0.05) is 0 Å². The van der Waals surface area contributed by atoms with Gasteiger partial charge in [0.1, 0.15) is 11.4 Å². The molecule has 0 aliphatic rings. The number of benzene rings is 1. The van der Waals surface area contributed by atoms with E-state index in [1.54, 1.807) is 0 Å². The first kappa shape index (κ1) is 13.4. The zero-order valence-electron chi connectivity index (χ0n) is 9.40. The number of hydrogen-bond donors (Lipinski definition) is 4. The fourth-order valence-corrected chi connectivity index (χ4v) is 1.15. The van der Waals surface area contributed by atoms with E-state index in [4.69, 9.17) is 10.8 Å². The molecule has 0 fully saturated rings. The summed E-state index contributed by atoms with van der Waals surface area (Å²) in [5, 5.41) is 20.6. The predicted octanol–water partition coefficient (Wildman–Crippen LogP) is -0.119. The molecule has 0 aliphatic heterocycles. The van der Waals surface area contributed by atoms with E-state index in [0.717, 1.165) is 12.1 Å². The van der Waals surface area contributed by atoms with Crippen molar-refractivity contribution in [2.24, 2.45) is 0 Å². The minimum absolute atomic E-state index is 0.00117. The molecule has 94 valence electrons. The molecule has 1 unspecified atom stereocenters. The first-order chi connectivity index (χ1) is 7.85. The number of halogens is 1. The molecular weight excluding hydrogens is 227 g/mol. The molecule has 0 spiro atoms. The maximum atomic E-state index is 12.9. The largest absolute Gasteiger partial charge is 0.398 e. The fourth-order valence-electron chi connectivity index (χ4n) is 1.15. The second-order valence-electron chi connectivity index (χ2n) is 4.07. The Bertz CT molecular complexity index is 421. The molecule has 1 rings (SSSR count). The molecule has 0 saturated carbocycles. The Morgan fingerprint density at radius 3 is 2.82 bits per heavy atom. The van der Waals surface area contributed by atoms with Crippen LogP contribution in [0.25, 0.3) is 0 Å². The number of amides is 1. The molecule has 0 heterocycles. The third kappa shape index (κ3) is 3.69. The quantitative estimate of drug-likeness (QED) is 0.553. The van der Waals surface area contributed by atoms with Crippen LogP contribution in [0.2, 0.25) is 0 Å². The third-order valence-electron chi connectivity index (χ3n) is 2.23. The van der Waals surface area contributed by atoms with Gasteiger partial charge in [-0.15, -0.1) is 0 Å². The molecule has 0 radical (unpaired) electrons. The lowest BCUT2D eigenvalue weighted by Crippen LogP contribution is -2.43. The van der Waals surface area contributed by atoms with Crippen molar-refractivity contribution in [3.05, 3.63) is 29.6 Å². The molecule has 1 aromatic rings. The number of aliphatic hydroxyl groups is 2. The summed E-state index contributed by atoms with van der Waals surface area (Å²) in [5.74, 6) is -1.17. The number of nitrogen functional groups attached to an aromatic ring is 1. The third-order valence-corrected chi connectivity index (χ3v) is 2.23. The Morgan fingerprint density at radius 1 is 1.59 bits per heavy atom. The minimum atomic E-state index is -1.42. The molecule has 1 aromatic carbocycles. The molecule has 0 saturated heterocycles. The number of carbonyl (C=O) groups excluding carboxylic acids is 1. The van der Waals surface area contributed by atoms with E-state index >= 15 is 0 Å². The van der Waals surface area contributed by atoms with Crippen LogP contribution >= 0.6 is 0 Å². The van der Waals surface area contributed by atoms with E-state index in [9.17, 15) is 14.3 Å². The van der Waals surface area contributed by atoms with Gasteiger partial charge in [0.05, 0.1) is 12.2 Å². The van der Waals surface area contributed by atoms with Gasteiger partial charge in [-0.05, 0) is 25.1 Å². The van der Waals surface area contributed by atoms with Gasteiger partial charge in [0, 0.05) is 12.2 Å². The van der Waals surface area contributed by atoms with Gasteiger partial charge in [-0.3, -0.25) is 4.79 Å². The van der Waals surface area contributed by atoms with Crippen molar-refractivity contribution in [2.45, 2.75) is 12.5 Å². The van der Waals surface area contributed by atoms with Crippen LogP contribution in [0.3, 0.4) is 0 Å². The van der Waals surface area contributed by atoms with E-state index < -0.39 is 23.9 Å². The Balaban J connectivity index is 2.74.